The first kappa shape index (κ1) is 25.8. The molecule has 7 nitrogen and oxygen atoms in total. The normalized spacial score (nSPS) is 11.4. The number of aromatic amines is 1. The Morgan fingerprint density at radius 1 is 0.976 bits per heavy atom. The zero-order chi connectivity index (χ0) is 28.2. The fourth-order valence-electron chi connectivity index (χ4n) is 4.43. The smallest absolute Gasteiger partial charge is 0.259 e. The number of hydrogen-bond donors (Lipinski definition) is 1. The molecule has 8 heteroatoms. The van der Waals surface area contributed by atoms with Crippen molar-refractivity contribution in [3.05, 3.63) is 142 Å². The average molecular weight is 556 g/mol. The van der Waals surface area contributed by atoms with Crippen molar-refractivity contribution in [2.24, 2.45) is 0 Å². The third-order valence-corrected chi connectivity index (χ3v) is 6.73. The highest BCUT2D eigenvalue weighted by atomic mass is 35.5. The molecule has 0 fully saturated rings. The molecule has 41 heavy (non-hydrogen) atoms. The number of halogens is 1. The van der Waals surface area contributed by atoms with Gasteiger partial charge >= 0.3 is 0 Å². The predicted molar refractivity (Wildman–Crippen MR) is 161 cm³/mol. The van der Waals surface area contributed by atoms with E-state index < -0.39 is 0 Å². The summed E-state index contributed by atoms with van der Waals surface area (Å²) in [6.07, 6.45) is 3.54. The van der Waals surface area contributed by atoms with Crippen LogP contribution in [0.3, 0.4) is 0 Å². The first-order valence-corrected chi connectivity index (χ1v) is 13.2. The minimum Gasteiger partial charge on any atom is -0.489 e. The van der Waals surface area contributed by atoms with Gasteiger partial charge in [0.25, 0.3) is 5.56 Å². The third-order valence-electron chi connectivity index (χ3n) is 6.48. The second-order valence-corrected chi connectivity index (χ2v) is 9.69. The largest absolute Gasteiger partial charge is 0.489 e. The van der Waals surface area contributed by atoms with Crippen LogP contribution in [0.1, 0.15) is 17.0 Å². The maximum atomic E-state index is 12.7. The van der Waals surface area contributed by atoms with Crippen LogP contribution in [0, 0.1) is 11.3 Å². The van der Waals surface area contributed by atoms with E-state index in [4.69, 9.17) is 21.4 Å². The SMILES string of the molecule is N#C/C(=C/c1cn(-c2ccccc2)nc1-c1cccc(OCc2ccc(Cl)cc2)c1)c1nc2ccccc2c(=O)[nH]1. The van der Waals surface area contributed by atoms with Gasteiger partial charge in [-0.2, -0.15) is 10.4 Å². The van der Waals surface area contributed by atoms with Gasteiger partial charge in [0.05, 0.1) is 22.2 Å². The molecule has 198 valence electrons. The summed E-state index contributed by atoms with van der Waals surface area (Å²) in [4.78, 5) is 20.0. The van der Waals surface area contributed by atoms with Gasteiger partial charge in [-0.15, -0.1) is 0 Å². The Morgan fingerprint density at radius 3 is 2.56 bits per heavy atom. The standard InChI is InChI=1S/C33H22ClN5O2/c34-26-15-13-22(14-16-26)21-41-28-10-6-7-23(18-28)31-25(20-39(38-31)27-8-2-1-3-9-27)17-24(19-35)32-36-30-12-5-4-11-29(30)33(40)37-32/h1-18,20H,21H2,(H,36,37,40)/b24-17-. The van der Waals surface area contributed by atoms with Crippen molar-refractivity contribution >= 4 is 34.2 Å². The summed E-state index contributed by atoms with van der Waals surface area (Å²) in [6, 6.07) is 34.0. The van der Waals surface area contributed by atoms with Gasteiger partial charge in [0, 0.05) is 22.3 Å². The summed E-state index contributed by atoms with van der Waals surface area (Å²) in [5.41, 5.74) is 4.38. The second-order valence-electron chi connectivity index (χ2n) is 9.26. The van der Waals surface area contributed by atoms with Crippen LogP contribution >= 0.6 is 11.6 Å². The minimum absolute atomic E-state index is 0.189. The maximum Gasteiger partial charge on any atom is 0.259 e. The van der Waals surface area contributed by atoms with Crippen molar-refractivity contribution in [2.75, 3.05) is 0 Å². The van der Waals surface area contributed by atoms with Crippen molar-refractivity contribution in [3.63, 3.8) is 0 Å². The summed E-state index contributed by atoms with van der Waals surface area (Å²) in [5.74, 6) is 0.859. The Morgan fingerprint density at radius 2 is 1.76 bits per heavy atom. The zero-order valence-corrected chi connectivity index (χ0v) is 22.4. The average Bonchev–Trinajstić information content (AvgIpc) is 3.44. The highest BCUT2D eigenvalue weighted by Gasteiger charge is 2.15. The molecule has 6 aromatic rings. The molecule has 6 rings (SSSR count). The van der Waals surface area contributed by atoms with Crippen LogP contribution in [0.25, 0.3) is 39.5 Å². The predicted octanol–water partition coefficient (Wildman–Crippen LogP) is 7.07. The molecule has 0 spiro atoms. The first-order chi connectivity index (χ1) is 20.1. The summed E-state index contributed by atoms with van der Waals surface area (Å²) in [7, 11) is 0. The van der Waals surface area contributed by atoms with E-state index in [-0.39, 0.29) is 17.0 Å². The van der Waals surface area contributed by atoms with E-state index in [0.717, 1.165) is 16.8 Å². The van der Waals surface area contributed by atoms with Gasteiger partial charge in [-0.1, -0.05) is 66.2 Å². The molecule has 0 aliphatic heterocycles. The van der Waals surface area contributed by atoms with E-state index in [2.05, 4.69) is 16.0 Å². The van der Waals surface area contributed by atoms with Gasteiger partial charge in [-0.05, 0) is 60.2 Å². The molecule has 0 amide bonds. The topological polar surface area (TPSA) is 96.6 Å². The number of para-hydroxylation sites is 2. The van der Waals surface area contributed by atoms with Crippen LogP contribution in [0.4, 0.5) is 0 Å². The number of hydrogen-bond acceptors (Lipinski definition) is 5. The Labute approximate surface area is 240 Å². The summed E-state index contributed by atoms with van der Waals surface area (Å²) in [6.45, 7) is 0.380. The van der Waals surface area contributed by atoms with E-state index in [1.165, 1.54) is 0 Å². The number of rotatable bonds is 7. The fraction of sp³-hybridized carbons (Fsp3) is 0.0303. The Bertz CT molecular complexity index is 1990. The van der Waals surface area contributed by atoms with Gasteiger partial charge < -0.3 is 9.72 Å². The van der Waals surface area contributed by atoms with E-state index in [0.29, 0.717) is 39.5 Å². The molecule has 4 aromatic carbocycles. The molecule has 0 saturated heterocycles. The number of nitrogens with one attached hydrogen (secondary N) is 1. The van der Waals surface area contributed by atoms with Crippen molar-refractivity contribution < 1.29 is 4.74 Å². The zero-order valence-electron chi connectivity index (χ0n) is 21.7. The summed E-state index contributed by atoms with van der Waals surface area (Å²) in [5, 5.41) is 16.1. The molecule has 0 aliphatic carbocycles. The van der Waals surface area contributed by atoms with Gasteiger partial charge in [-0.3, -0.25) is 4.79 Å². The number of allylic oxidation sites excluding steroid dienone is 1. The highest BCUT2D eigenvalue weighted by Crippen LogP contribution is 2.30. The molecule has 2 heterocycles. The Hall–Kier alpha value is -5.45. The van der Waals surface area contributed by atoms with E-state index >= 15 is 0 Å². The maximum absolute atomic E-state index is 12.7. The fourth-order valence-corrected chi connectivity index (χ4v) is 4.56. The lowest BCUT2D eigenvalue weighted by atomic mass is 10.1. The number of benzene rings is 4. The van der Waals surface area contributed by atoms with Gasteiger partial charge in [0.15, 0.2) is 5.82 Å². The molecule has 0 unspecified atom stereocenters. The van der Waals surface area contributed by atoms with Crippen LogP contribution in [0.15, 0.2) is 114 Å². The molecule has 0 bridgehead atoms. The molecule has 2 aromatic heterocycles. The van der Waals surface area contributed by atoms with Crippen LogP contribution < -0.4 is 10.3 Å². The van der Waals surface area contributed by atoms with Gasteiger partial charge in [0.1, 0.15) is 24.1 Å². The van der Waals surface area contributed by atoms with E-state index in [9.17, 15) is 10.1 Å². The van der Waals surface area contributed by atoms with Crippen molar-refractivity contribution in [3.8, 4) is 28.8 Å². The van der Waals surface area contributed by atoms with Crippen molar-refractivity contribution in [2.45, 2.75) is 6.61 Å². The van der Waals surface area contributed by atoms with Crippen LogP contribution in [-0.4, -0.2) is 19.7 Å². The number of fused-ring (bicyclic) bond motifs is 1. The number of ether oxygens (including phenoxy) is 1. The Kier molecular flexibility index (Phi) is 7.14. The number of nitriles is 1. The number of aromatic nitrogens is 4. The lowest BCUT2D eigenvalue weighted by Gasteiger charge is -2.08. The van der Waals surface area contributed by atoms with E-state index in [1.807, 2.05) is 85.1 Å². The van der Waals surface area contributed by atoms with Gasteiger partial charge in [0.2, 0.25) is 0 Å². The molecule has 0 atom stereocenters. The van der Waals surface area contributed by atoms with Gasteiger partial charge in [-0.25, -0.2) is 9.67 Å². The Balaban J connectivity index is 1.41. The molecule has 0 saturated carbocycles. The lowest BCUT2D eigenvalue weighted by molar-refractivity contribution is 0.306. The van der Waals surface area contributed by atoms with Crippen molar-refractivity contribution in [1.82, 2.24) is 19.7 Å². The number of H-pyrrole nitrogens is 1. The minimum atomic E-state index is -0.308. The summed E-state index contributed by atoms with van der Waals surface area (Å²) < 4.78 is 7.81. The number of nitrogens with zero attached hydrogens (tertiary/aromatic N) is 4. The second kappa shape index (κ2) is 11.3. The van der Waals surface area contributed by atoms with Crippen LogP contribution in [0.5, 0.6) is 5.75 Å². The molecule has 0 aliphatic rings. The lowest BCUT2D eigenvalue weighted by Crippen LogP contribution is -2.11. The quantitative estimate of drug-likeness (QED) is 0.212. The van der Waals surface area contributed by atoms with Crippen molar-refractivity contribution in [1.29, 1.82) is 5.26 Å². The molecular weight excluding hydrogens is 534 g/mol. The van der Waals surface area contributed by atoms with Crippen LogP contribution in [0.2, 0.25) is 5.02 Å². The monoisotopic (exact) mass is 555 g/mol. The third kappa shape index (κ3) is 5.64. The van der Waals surface area contributed by atoms with Crippen LogP contribution in [-0.2, 0) is 6.61 Å². The van der Waals surface area contributed by atoms with E-state index in [1.54, 1.807) is 35.0 Å². The summed E-state index contributed by atoms with van der Waals surface area (Å²) >= 11 is 6.00. The molecule has 0 radical (unpaired) electrons. The molecule has 1 N–H and O–H groups in total. The molecular formula is C33H22ClN5O2. The first-order valence-electron chi connectivity index (χ1n) is 12.8. The highest BCUT2D eigenvalue weighted by molar-refractivity contribution is 6.30.